The summed E-state index contributed by atoms with van der Waals surface area (Å²) < 4.78 is 5.21. The van der Waals surface area contributed by atoms with Gasteiger partial charge < -0.3 is 15.0 Å². The first kappa shape index (κ1) is 19.3. The Bertz CT molecular complexity index is 986. The monoisotopic (exact) mass is 410 g/mol. The summed E-state index contributed by atoms with van der Waals surface area (Å²) in [4.78, 5) is 14.7. The number of aromatic nitrogens is 2. The Morgan fingerprint density at radius 3 is 2.83 bits per heavy atom. The Kier molecular flexibility index (Phi) is 5.71. The van der Waals surface area contributed by atoms with Crippen LogP contribution in [-0.4, -0.2) is 42.3 Å². The minimum absolute atomic E-state index is 0.0661. The molecule has 1 aliphatic rings. The van der Waals surface area contributed by atoms with Crippen molar-refractivity contribution in [3.05, 3.63) is 65.2 Å². The van der Waals surface area contributed by atoms with Crippen LogP contribution in [0.25, 0.3) is 11.3 Å². The number of H-pyrrole nitrogens is 1. The van der Waals surface area contributed by atoms with E-state index in [0.717, 1.165) is 48.8 Å². The van der Waals surface area contributed by atoms with Crippen LogP contribution >= 0.6 is 11.6 Å². The van der Waals surface area contributed by atoms with Crippen LogP contribution in [0.1, 0.15) is 23.2 Å². The summed E-state index contributed by atoms with van der Waals surface area (Å²) in [5.41, 5.74) is 2.58. The topological polar surface area (TPSA) is 70.2 Å². The van der Waals surface area contributed by atoms with Crippen LogP contribution in [-0.2, 0) is 0 Å². The molecule has 1 atom stereocenters. The predicted molar refractivity (Wildman–Crippen MR) is 115 cm³/mol. The third kappa shape index (κ3) is 4.54. The normalized spacial score (nSPS) is 16.5. The third-order valence-electron chi connectivity index (χ3n) is 5.13. The molecule has 2 aromatic carbocycles. The fourth-order valence-corrected chi connectivity index (χ4v) is 3.78. The highest BCUT2D eigenvalue weighted by Crippen LogP contribution is 2.26. The average molecular weight is 411 g/mol. The van der Waals surface area contributed by atoms with Crippen LogP contribution in [0, 0.1) is 0 Å². The fraction of sp³-hybridized carbons (Fsp3) is 0.273. The highest BCUT2D eigenvalue weighted by atomic mass is 35.5. The largest absolute Gasteiger partial charge is 0.497 e. The second-order valence-corrected chi connectivity index (χ2v) is 7.57. The molecule has 1 saturated heterocycles. The molecule has 0 spiro atoms. The van der Waals surface area contributed by atoms with E-state index >= 15 is 0 Å². The van der Waals surface area contributed by atoms with Gasteiger partial charge in [-0.25, -0.2) is 0 Å². The lowest BCUT2D eigenvalue weighted by Crippen LogP contribution is -2.48. The van der Waals surface area contributed by atoms with Gasteiger partial charge in [0.2, 0.25) is 0 Å². The van der Waals surface area contributed by atoms with Crippen molar-refractivity contribution in [2.24, 2.45) is 0 Å². The molecule has 1 fully saturated rings. The number of benzene rings is 2. The minimum atomic E-state index is -0.0969. The molecule has 1 aromatic heterocycles. The van der Waals surface area contributed by atoms with Gasteiger partial charge >= 0.3 is 0 Å². The number of methoxy groups -OCH3 is 1. The Hall–Kier alpha value is -2.99. The molecular formula is C22H23ClN4O2. The molecule has 0 bridgehead atoms. The van der Waals surface area contributed by atoms with Gasteiger partial charge in [0, 0.05) is 35.8 Å². The Labute approximate surface area is 174 Å². The van der Waals surface area contributed by atoms with E-state index in [9.17, 15) is 4.79 Å². The van der Waals surface area contributed by atoms with Crippen molar-refractivity contribution >= 4 is 23.3 Å². The maximum absolute atomic E-state index is 12.5. The van der Waals surface area contributed by atoms with Gasteiger partial charge in [-0.05, 0) is 60.9 Å². The number of piperidine rings is 1. The number of hydrogen-bond acceptors (Lipinski definition) is 4. The molecule has 6 nitrogen and oxygen atoms in total. The number of anilines is 1. The van der Waals surface area contributed by atoms with Crippen molar-refractivity contribution in [2.75, 3.05) is 25.1 Å². The van der Waals surface area contributed by atoms with Crippen LogP contribution in [0.3, 0.4) is 0 Å². The number of ether oxygens (including phenoxy) is 1. The van der Waals surface area contributed by atoms with E-state index in [1.807, 2.05) is 30.3 Å². The summed E-state index contributed by atoms with van der Waals surface area (Å²) in [6, 6.07) is 17.0. The van der Waals surface area contributed by atoms with Crippen LogP contribution in [0.2, 0.25) is 5.02 Å². The number of rotatable bonds is 5. The Balaban J connectivity index is 1.42. The highest BCUT2D eigenvalue weighted by molar-refractivity contribution is 6.30. The lowest BCUT2D eigenvalue weighted by molar-refractivity contribution is 0.0933. The van der Waals surface area contributed by atoms with Crippen molar-refractivity contribution in [3.8, 4) is 17.0 Å². The number of carbonyl (C=O) groups excluding carboxylic acids is 1. The first-order valence-electron chi connectivity index (χ1n) is 9.63. The van der Waals surface area contributed by atoms with Crippen LogP contribution in [0.15, 0.2) is 54.6 Å². The molecule has 2 heterocycles. The maximum Gasteiger partial charge on any atom is 0.251 e. The number of carbonyl (C=O) groups is 1. The predicted octanol–water partition coefficient (Wildman–Crippen LogP) is 4.14. The zero-order valence-electron chi connectivity index (χ0n) is 16.2. The second kappa shape index (κ2) is 8.57. The SMILES string of the molecule is COc1ccc(-c2cc(N3CCCC(NC(=O)c4cccc(Cl)c4)C3)n[nH]2)cc1. The Morgan fingerprint density at radius 1 is 1.24 bits per heavy atom. The van der Waals surface area contributed by atoms with Crippen molar-refractivity contribution in [1.29, 1.82) is 0 Å². The quantitative estimate of drug-likeness (QED) is 0.663. The molecule has 4 rings (SSSR count). The summed E-state index contributed by atoms with van der Waals surface area (Å²) in [5, 5.41) is 11.3. The van der Waals surface area contributed by atoms with Gasteiger partial charge in [-0.15, -0.1) is 0 Å². The zero-order chi connectivity index (χ0) is 20.2. The fourth-order valence-electron chi connectivity index (χ4n) is 3.59. The van der Waals surface area contributed by atoms with Gasteiger partial charge in [0.1, 0.15) is 5.75 Å². The molecule has 0 aliphatic carbocycles. The molecular weight excluding hydrogens is 388 g/mol. The third-order valence-corrected chi connectivity index (χ3v) is 5.37. The van der Waals surface area contributed by atoms with Crippen LogP contribution < -0.4 is 15.0 Å². The Morgan fingerprint density at radius 2 is 2.07 bits per heavy atom. The molecule has 1 aliphatic heterocycles. The average Bonchev–Trinajstić information content (AvgIpc) is 3.24. The standard InChI is InChI=1S/C22H23ClN4O2/c1-29-19-9-7-15(8-10-19)20-13-21(26-25-20)27-11-3-6-18(14-27)24-22(28)16-4-2-5-17(23)12-16/h2,4-5,7-10,12-13,18H,3,6,11,14H2,1H3,(H,24,28)(H,25,26). The molecule has 0 radical (unpaired) electrons. The van der Waals surface area contributed by atoms with Crippen molar-refractivity contribution in [2.45, 2.75) is 18.9 Å². The van der Waals surface area contributed by atoms with Gasteiger partial charge in [0.25, 0.3) is 5.91 Å². The van der Waals surface area contributed by atoms with Crippen LogP contribution in [0.5, 0.6) is 5.75 Å². The van der Waals surface area contributed by atoms with Gasteiger partial charge in [-0.3, -0.25) is 9.89 Å². The van der Waals surface area contributed by atoms with E-state index in [1.165, 1.54) is 0 Å². The van der Waals surface area contributed by atoms with Crippen molar-refractivity contribution < 1.29 is 9.53 Å². The first-order chi connectivity index (χ1) is 14.1. The van der Waals surface area contributed by atoms with E-state index in [2.05, 4.69) is 20.4 Å². The number of amides is 1. The van der Waals surface area contributed by atoms with E-state index in [0.29, 0.717) is 10.6 Å². The summed E-state index contributed by atoms with van der Waals surface area (Å²) in [6.45, 7) is 1.63. The summed E-state index contributed by atoms with van der Waals surface area (Å²) in [5.74, 6) is 1.61. The van der Waals surface area contributed by atoms with Gasteiger partial charge in [-0.1, -0.05) is 17.7 Å². The minimum Gasteiger partial charge on any atom is -0.497 e. The lowest BCUT2D eigenvalue weighted by Gasteiger charge is -2.33. The highest BCUT2D eigenvalue weighted by Gasteiger charge is 2.23. The van der Waals surface area contributed by atoms with E-state index in [4.69, 9.17) is 16.3 Å². The van der Waals surface area contributed by atoms with E-state index in [-0.39, 0.29) is 11.9 Å². The molecule has 2 N–H and O–H groups in total. The van der Waals surface area contributed by atoms with Gasteiger partial charge in [0.15, 0.2) is 5.82 Å². The molecule has 0 saturated carbocycles. The van der Waals surface area contributed by atoms with Crippen molar-refractivity contribution in [1.82, 2.24) is 15.5 Å². The number of halogens is 1. The van der Waals surface area contributed by atoms with E-state index in [1.54, 1.807) is 31.4 Å². The molecule has 29 heavy (non-hydrogen) atoms. The second-order valence-electron chi connectivity index (χ2n) is 7.14. The van der Waals surface area contributed by atoms with Gasteiger partial charge in [0.05, 0.1) is 12.8 Å². The van der Waals surface area contributed by atoms with E-state index < -0.39 is 0 Å². The van der Waals surface area contributed by atoms with Gasteiger partial charge in [-0.2, -0.15) is 5.10 Å². The molecule has 150 valence electrons. The zero-order valence-corrected chi connectivity index (χ0v) is 16.9. The number of nitrogens with one attached hydrogen (secondary N) is 2. The van der Waals surface area contributed by atoms with Crippen molar-refractivity contribution in [3.63, 3.8) is 0 Å². The molecule has 1 amide bonds. The summed E-state index contributed by atoms with van der Waals surface area (Å²) >= 11 is 6.00. The molecule has 1 unspecified atom stereocenters. The summed E-state index contributed by atoms with van der Waals surface area (Å²) in [7, 11) is 1.65. The maximum atomic E-state index is 12.5. The summed E-state index contributed by atoms with van der Waals surface area (Å²) in [6.07, 6.45) is 1.93. The molecule has 7 heteroatoms. The molecule has 3 aromatic rings. The number of aromatic amines is 1. The number of nitrogens with zero attached hydrogens (tertiary/aromatic N) is 2. The van der Waals surface area contributed by atoms with Crippen LogP contribution in [0.4, 0.5) is 5.82 Å². The lowest BCUT2D eigenvalue weighted by atomic mass is 10.0. The number of hydrogen-bond donors (Lipinski definition) is 2. The first-order valence-corrected chi connectivity index (χ1v) is 10.0. The smallest absolute Gasteiger partial charge is 0.251 e.